The minimum absolute atomic E-state index is 0. The number of hydrogen-bond donors (Lipinski definition) is 4. The van der Waals surface area contributed by atoms with Crippen LogP contribution in [0.5, 0.6) is 11.5 Å². The first-order valence-corrected chi connectivity index (χ1v) is 12.5. The summed E-state index contributed by atoms with van der Waals surface area (Å²) in [5, 5.41) is 15.6. The number of hydrogen-bond acceptors (Lipinski definition) is 6. The zero-order chi connectivity index (χ0) is 24.3. The lowest BCUT2D eigenvalue weighted by molar-refractivity contribution is 0.172. The quantitative estimate of drug-likeness (QED) is 0.234. The molecule has 1 atom stereocenters. The van der Waals surface area contributed by atoms with E-state index in [1.807, 2.05) is 36.4 Å². The van der Waals surface area contributed by atoms with Gasteiger partial charge in [-0.1, -0.05) is 6.07 Å². The highest BCUT2D eigenvalue weighted by molar-refractivity contribution is 7.92. The predicted octanol–water partition coefficient (Wildman–Crippen LogP) is 3.96. The molecule has 1 aromatic heterocycles. The molecular weight excluding hydrogens is 497 g/mol. The number of aromatic nitrogens is 1. The van der Waals surface area contributed by atoms with Crippen molar-refractivity contribution in [2.24, 2.45) is 0 Å². The third kappa shape index (κ3) is 6.55. The molecule has 0 aliphatic heterocycles. The number of aliphatic hydroxyl groups is 1. The number of benzene rings is 3. The number of ether oxygens (including phenoxy) is 2. The van der Waals surface area contributed by atoms with Gasteiger partial charge in [0.1, 0.15) is 23.9 Å². The molecule has 0 fully saturated rings. The van der Waals surface area contributed by atoms with Crippen molar-refractivity contribution in [3.05, 3.63) is 66.0 Å². The van der Waals surface area contributed by atoms with Gasteiger partial charge >= 0.3 is 0 Å². The van der Waals surface area contributed by atoms with Gasteiger partial charge in [-0.3, -0.25) is 4.72 Å². The van der Waals surface area contributed by atoms with Gasteiger partial charge in [-0.25, -0.2) is 12.8 Å². The second kappa shape index (κ2) is 11.1. The van der Waals surface area contributed by atoms with E-state index in [4.69, 9.17) is 9.47 Å². The van der Waals surface area contributed by atoms with Crippen molar-refractivity contribution in [3.63, 3.8) is 0 Å². The van der Waals surface area contributed by atoms with Crippen LogP contribution >= 0.6 is 12.4 Å². The highest BCUT2D eigenvalue weighted by atomic mass is 35.5. The molecule has 1 heterocycles. The van der Waals surface area contributed by atoms with Gasteiger partial charge in [0.05, 0.1) is 36.2 Å². The van der Waals surface area contributed by atoms with Crippen LogP contribution in [0, 0.1) is 5.82 Å². The van der Waals surface area contributed by atoms with Crippen LogP contribution in [-0.4, -0.2) is 51.6 Å². The molecule has 0 saturated heterocycles. The van der Waals surface area contributed by atoms with Gasteiger partial charge in [0.2, 0.25) is 10.0 Å². The average Bonchev–Trinajstić information content (AvgIpc) is 3.16. The summed E-state index contributed by atoms with van der Waals surface area (Å²) >= 11 is 0. The molecule has 0 aliphatic rings. The molecule has 11 heteroatoms. The Kier molecular flexibility index (Phi) is 8.44. The predicted molar refractivity (Wildman–Crippen MR) is 138 cm³/mol. The van der Waals surface area contributed by atoms with Gasteiger partial charge in [-0.05, 0) is 42.0 Å². The Morgan fingerprint density at radius 3 is 2.34 bits per heavy atom. The van der Waals surface area contributed by atoms with E-state index in [0.717, 1.165) is 39.9 Å². The molecule has 4 N–H and O–H groups in total. The van der Waals surface area contributed by atoms with E-state index in [1.165, 1.54) is 12.1 Å². The standard InChI is InChI=1S/C24H26FN3O5S.ClH/c1-32-16-4-6-18-19-7-5-17(13-22(19)27-21(18)12-16)33-10-9-26-14-24(29)15-3-8-20(25)23(11-15)28-34(2,30)31;/h3-8,11-13,24,26-29H,9-10,14H2,1-2H3;1H. The van der Waals surface area contributed by atoms with Gasteiger partial charge in [0, 0.05) is 36.0 Å². The van der Waals surface area contributed by atoms with Crippen LogP contribution in [-0.2, 0) is 10.0 Å². The van der Waals surface area contributed by atoms with Crippen LogP contribution in [0.2, 0.25) is 0 Å². The first kappa shape index (κ1) is 26.6. The summed E-state index contributed by atoms with van der Waals surface area (Å²) in [6.07, 6.45) is -0.00940. The summed E-state index contributed by atoms with van der Waals surface area (Å²) in [6, 6.07) is 15.6. The molecule has 4 aromatic rings. The average molecular weight is 524 g/mol. The Morgan fingerprint density at radius 2 is 1.69 bits per heavy atom. The lowest BCUT2D eigenvalue weighted by Gasteiger charge is -2.14. The number of fused-ring (bicyclic) bond motifs is 3. The maximum Gasteiger partial charge on any atom is 0.229 e. The van der Waals surface area contributed by atoms with Crippen LogP contribution in [0.3, 0.4) is 0 Å². The number of anilines is 1. The van der Waals surface area contributed by atoms with Gasteiger partial charge in [-0.2, -0.15) is 0 Å². The fraction of sp³-hybridized carbons (Fsp3) is 0.250. The Bertz CT molecular complexity index is 1430. The number of aliphatic hydroxyl groups excluding tert-OH is 1. The molecule has 0 spiro atoms. The van der Waals surface area contributed by atoms with Gasteiger partial charge in [0.25, 0.3) is 0 Å². The van der Waals surface area contributed by atoms with Crippen LogP contribution in [0.25, 0.3) is 21.8 Å². The van der Waals surface area contributed by atoms with E-state index in [1.54, 1.807) is 7.11 Å². The van der Waals surface area contributed by atoms with Crippen molar-refractivity contribution in [1.82, 2.24) is 10.3 Å². The monoisotopic (exact) mass is 523 g/mol. The van der Waals surface area contributed by atoms with Crippen LogP contribution < -0.4 is 19.5 Å². The molecule has 0 radical (unpaired) electrons. The molecule has 4 rings (SSSR count). The molecule has 3 aromatic carbocycles. The molecule has 1 unspecified atom stereocenters. The fourth-order valence-corrected chi connectivity index (χ4v) is 4.27. The van der Waals surface area contributed by atoms with Crippen molar-refractivity contribution in [3.8, 4) is 11.5 Å². The normalized spacial score (nSPS) is 12.3. The molecule has 0 amide bonds. The third-order valence-corrected chi connectivity index (χ3v) is 5.92. The van der Waals surface area contributed by atoms with E-state index >= 15 is 0 Å². The maximum absolute atomic E-state index is 13.8. The minimum Gasteiger partial charge on any atom is -0.497 e. The number of nitrogens with one attached hydrogen (secondary N) is 3. The van der Waals surface area contributed by atoms with E-state index in [-0.39, 0.29) is 24.6 Å². The van der Waals surface area contributed by atoms with Crippen molar-refractivity contribution in [1.29, 1.82) is 0 Å². The largest absolute Gasteiger partial charge is 0.497 e. The zero-order valence-corrected chi connectivity index (χ0v) is 20.8. The van der Waals surface area contributed by atoms with E-state index in [0.29, 0.717) is 24.5 Å². The topological polar surface area (TPSA) is 113 Å². The molecule has 0 saturated carbocycles. The summed E-state index contributed by atoms with van der Waals surface area (Å²) in [4.78, 5) is 3.37. The van der Waals surface area contributed by atoms with Gasteiger partial charge in [-0.15, -0.1) is 12.4 Å². The van der Waals surface area contributed by atoms with Crippen molar-refractivity contribution < 1.29 is 27.4 Å². The number of H-pyrrole nitrogens is 1. The van der Waals surface area contributed by atoms with Crippen molar-refractivity contribution in [2.45, 2.75) is 6.10 Å². The van der Waals surface area contributed by atoms with E-state index in [9.17, 15) is 17.9 Å². The lowest BCUT2D eigenvalue weighted by Crippen LogP contribution is -2.26. The highest BCUT2D eigenvalue weighted by Gasteiger charge is 2.13. The first-order chi connectivity index (χ1) is 16.2. The van der Waals surface area contributed by atoms with E-state index in [2.05, 4.69) is 15.0 Å². The second-order valence-corrected chi connectivity index (χ2v) is 9.67. The molecule has 188 valence electrons. The molecular formula is C24H27ClFN3O5S. The summed E-state index contributed by atoms with van der Waals surface area (Å²) in [5.74, 6) is 0.782. The summed E-state index contributed by atoms with van der Waals surface area (Å²) < 4.78 is 49.8. The fourth-order valence-electron chi connectivity index (χ4n) is 3.71. The Balaban J connectivity index is 0.00000342. The SMILES string of the molecule is COc1ccc2c(c1)[nH]c1cc(OCCNCC(O)c3ccc(F)c(NS(C)(=O)=O)c3)ccc12.Cl. The lowest BCUT2D eigenvalue weighted by atomic mass is 10.1. The molecule has 35 heavy (non-hydrogen) atoms. The molecule has 8 nitrogen and oxygen atoms in total. The van der Waals surface area contributed by atoms with Gasteiger partial charge in [0.15, 0.2) is 0 Å². The number of sulfonamides is 1. The van der Waals surface area contributed by atoms with E-state index < -0.39 is 21.9 Å². The first-order valence-electron chi connectivity index (χ1n) is 10.6. The molecule has 0 aliphatic carbocycles. The number of methoxy groups -OCH3 is 1. The van der Waals surface area contributed by atoms with Crippen molar-refractivity contribution in [2.75, 3.05) is 37.8 Å². The number of halogens is 2. The Labute approximate surface area is 208 Å². The smallest absolute Gasteiger partial charge is 0.229 e. The maximum atomic E-state index is 13.8. The zero-order valence-electron chi connectivity index (χ0n) is 19.2. The number of aromatic amines is 1. The third-order valence-electron chi connectivity index (χ3n) is 5.33. The van der Waals surface area contributed by atoms with Crippen molar-refractivity contribution >= 4 is 49.9 Å². The minimum atomic E-state index is -3.63. The summed E-state index contributed by atoms with van der Waals surface area (Å²) in [6.45, 7) is 1.03. The van der Waals surface area contributed by atoms with Crippen LogP contribution in [0.15, 0.2) is 54.6 Å². The molecule has 0 bridgehead atoms. The Morgan fingerprint density at radius 1 is 1.03 bits per heavy atom. The Hall–Kier alpha value is -3.05. The summed E-state index contributed by atoms with van der Waals surface area (Å²) in [7, 11) is -1.99. The van der Waals surface area contributed by atoms with Gasteiger partial charge < -0.3 is 24.9 Å². The highest BCUT2D eigenvalue weighted by Crippen LogP contribution is 2.30. The second-order valence-electron chi connectivity index (χ2n) is 7.93. The van der Waals surface area contributed by atoms with Crippen LogP contribution in [0.4, 0.5) is 10.1 Å². The summed E-state index contributed by atoms with van der Waals surface area (Å²) in [5.41, 5.74) is 2.13. The van der Waals surface area contributed by atoms with Crippen LogP contribution in [0.1, 0.15) is 11.7 Å². The number of rotatable bonds is 10.